The van der Waals surface area contributed by atoms with E-state index < -0.39 is 10.2 Å². The van der Waals surface area contributed by atoms with Crippen molar-refractivity contribution in [3.8, 4) is 0 Å². The van der Waals surface area contributed by atoms with Crippen molar-refractivity contribution in [2.45, 2.75) is 13.1 Å². The summed E-state index contributed by atoms with van der Waals surface area (Å²) in [5.74, 6) is 0.240. The van der Waals surface area contributed by atoms with Crippen molar-refractivity contribution in [2.75, 3.05) is 12.4 Å². The lowest BCUT2D eigenvalue weighted by atomic mass is 10.2. The number of nitrogens with zero attached hydrogens (tertiary/aromatic N) is 1. The summed E-state index contributed by atoms with van der Waals surface area (Å²) in [5, 5.41) is 0. The van der Waals surface area contributed by atoms with E-state index in [9.17, 15) is 8.42 Å². The van der Waals surface area contributed by atoms with Gasteiger partial charge in [-0.15, -0.1) is 11.6 Å². The van der Waals surface area contributed by atoms with E-state index in [1.807, 2.05) is 60.7 Å². The van der Waals surface area contributed by atoms with Crippen LogP contribution in [0.5, 0.6) is 0 Å². The Labute approximate surface area is 136 Å². The predicted molar refractivity (Wildman–Crippen MR) is 89.8 cm³/mol. The van der Waals surface area contributed by atoms with Gasteiger partial charge in [0.05, 0.1) is 0 Å². The summed E-state index contributed by atoms with van der Waals surface area (Å²) < 4.78 is 28.8. The summed E-state index contributed by atoms with van der Waals surface area (Å²) in [7, 11) is -3.58. The maximum atomic E-state index is 12.5. The van der Waals surface area contributed by atoms with Gasteiger partial charge in [0.2, 0.25) is 0 Å². The van der Waals surface area contributed by atoms with Crippen LogP contribution in [0.1, 0.15) is 11.1 Å². The van der Waals surface area contributed by atoms with Gasteiger partial charge in [-0.05, 0) is 11.1 Å². The third-order valence-corrected chi connectivity index (χ3v) is 4.82. The standard InChI is InChI=1S/C16H19ClN2O2S/c17-11-12-18-22(20,21)19(13-15-7-3-1-4-8-15)14-16-9-5-2-6-10-16/h1-10,18H,11-14H2. The second-order valence-corrected chi connectivity index (χ2v) is 6.96. The monoisotopic (exact) mass is 338 g/mol. The lowest BCUT2D eigenvalue weighted by Gasteiger charge is -2.22. The second-order valence-electron chi connectivity index (χ2n) is 4.83. The van der Waals surface area contributed by atoms with Crippen molar-refractivity contribution >= 4 is 21.8 Å². The summed E-state index contributed by atoms with van der Waals surface area (Å²) in [6, 6.07) is 19.1. The van der Waals surface area contributed by atoms with Crippen molar-refractivity contribution in [1.29, 1.82) is 0 Å². The third kappa shape index (κ3) is 5.10. The van der Waals surface area contributed by atoms with Gasteiger partial charge in [-0.1, -0.05) is 60.7 Å². The Balaban J connectivity index is 2.20. The van der Waals surface area contributed by atoms with Gasteiger partial charge in [-0.25, -0.2) is 4.72 Å². The zero-order valence-corrected chi connectivity index (χ0v) is 13.7. The van der Waals surface area contributed by atoms with E-state index in [-0.39, 0.29) is 12.4 Å². The Kier molecular flexibility index (Phi) is 6.39. The van der Waals surface area contributed by atoms with Crippen LogP contribution in [0.15, 0.2) is 60.7 Å². The number of hydrogen-bond donors (Lipinski definition) is 1. The number of alkyl halides is 1. The molecule has 0 heterocycles. The van der Waals surface area contributed by atoms with Gasteiger partial charge in [0, 0.05) is 25.5 Å². The number of nitrogens with one attached hydrogen (secondary N) is 1. The van der Waals surface area contributed by atoms with E-state index in [1.165, 1.54) is 4.31 Å². The van der Waals surface area contributed by atoms with E-state index in [1.54, 1.807) is 0 Å². The van der Waals surface area contributed by atoms with Crippen molar-refractivity contribution in [1.82, 2.24) is 9.03 Å². The normalized spacial score (nSPS) is 11.7. The van der Waals surface area contributed by atoms with Crippen LogP contribution >= 0.6 is 11.6 Å². The van der Waals surface area contributed by atoms with Gasteiger partial charge < -0.3 is 0 Å². The van der Waals surface area contributed by atoms with Crippen molar-refractivity contribution < 1.29 is 8.42 Å². The molecule has 2 aromatic carbocycles. The van der Waals surface area contributed by atoms with Gasteiger partial charge in [0.1, 0.15) is 0 Å². The van der Waals surface area contributed by atoms with Crippen LogP contribution in [0, 0.1) is 0 Å². The zero-order chi connectivity index (χ0) is 15.8. The van der Waals surface area contributed by atoms with Gasteiger partial charge in [0.25, 0.3) is 10.2 Å². The van der Waals surface area contributed by atoms with E-state index in [2.05, 4.69) is 4.72 Å². The first-order chi connectivity index (χ1) is 10.6. The van der Waals surface area contributed by atoms with E-state index >= 15 is 0 Å². The molecule has 0 saturated carbocycles. The highest BCUT2D eigenvalue weighted by Crippen LogP contribution is 2.13. The molecule has 0 aliphatic heterocycles. The second kappa shape index (κ2) is 8.29. The first kappa shape index (κ1) is 17.0. The highest BCUT2D eigenvalue weighted by Gasteiger charge is 2.21. The van der Waals surface area contributed by atoms with Crippen LogP contribution < -0.4 is 4.72 Å². The maximum absolute atomic E-state index is 12.5. The van der Waals surface area contributed by atoms with Gasteiger partial charge in [-0.2, -0.15) is 12.7 Å². The molecule has 0 aromatic heterocycles. The number of hydrogen-bond acceptors (Lipinski definition) is 2. The molecule has 6 heteroatoms. The summed E-state index contributed by atoms with van der Waals surface area (Å²) in [6.45, 7) is 0.838. The Morgan fingerprint density at radius 1 is 0.864 bits per heavy atom. The highest BCUT2D eigenvalue weighted by atomic mass is 35.5. The summed E-state index contributed by atoms with van der Waals surface area (Å²) in [4.78, 5) is 0. The fraction of sp³-hybridized carbons (Fsp3) is 0.250. The third-order valence-electron chi connectivity index (χ3n) is 3.12. The fourth-order valence-electron chi connectivity index (χ4n) is 2.06. The molecular weight excluding hydrogens is 320 g/mol. The molecule has 0 amide bonds. The van der Waals surface area contributed by atoms with Crippen molar-refractivity contribution in [3.05, 3.63) is 71.8 Å². The first-order valence-corrected chi connectivity index (χ1v) is 8.98. The Morgan fingerprint density at radius 3 is 1.73 bits per heavy atom. The predicted octanol–water partition coefficient (Wildman–Crippen LogP) is 2.76. The molecule has 0 aliphatic carbocycles. The average molecular weight is 339 g/mol. The van der Waals surface area contributed by atoms with Gasteiger partial charge in [-0.3, -0.25) is 0 Å². The SMILES string of the molecule is O=S(=O)(NCCCl)N(Cc1ccccc1)Cc1ccccc1. The van der Waals surface area contributed by atoms with Gasteiger partial charge in [0.15, 0.2) is 0 Å². The first-order valence-electron chi connectivity index (χ1n) is 7.00. The summed E-state index contributed by atoms with van der Waals surface area (Å²) in [5.41, 5.74) is 1.88. The topological polar surface area (TPSA) is 49.4 Å². The fourth-order valence-corrected chi connectivity index (χ4v) is 3.45. The van der Waals surface area contributed by atoms with E-state index in [4.69, 9.17) is 11.6 Å². The Hall–Kier alpha value is -1.40. The minimum Gasteiger partial charge on any atom is -0.201 e. The lowest BCUT2D eigenvalue weighted by Crippen LogP contribution is -2.40. The van der Waals surface area contributed by atoms with Crippen LogP contribution in [0.2, 0.25) is 0 Å². The molecule has 0 radical (unpaired) electrons. The van der Waals surface area contributed by atoms with E-state index in [0.29, 0.717) is 13.1 Å². The highest BCUT2D eigenvalue weighted by molar-refractivity contribution is 7.87. The minimum absolute atomic E-state index is 0.212. The van der Waals surface area contributed by atoms with Crippen LogP contribution in [0.25, 0.3) is 0 Å². The van der Waals surface area contributed by atoms with Crippen molar-refractivity contribution in [3.63, 3.8) is 0 Å². The molecule has 0 aliphatic rings. The molecular formula is C16H19ClN2O2S. The molecule has 0 saturated heterocycles. The zero-order valence-electron chi connectivity index (χ0n) is 12.2. The maximum Gasteiger partial charge on any atom is 0.280 e. The average Bonchev–Trinajstić information content (AvgIpc) is 2.54. The van der Waals surface area contributed by atoms with Crippen LogP contribution in [-0.4, -0.2) is 25.1 Å². The number of rotatable bonds is 8. The number of benzene rings is 2. The minimum atomic E-state index is -3.58. The largest absolute Gasteiger partial charge is 0.280 e. The summed E-state index contributed by atoms with van der Waals surface area (Å²) in [6.07, 6.45) is 0. The Morgan fingerprint density at radius 2 is 1.32 bits per heavy atom. The Bertz CT molecular complexity index is 622. The molecule has 118 valence electrons. The molecule has 2 aromatic rings. The summed E-state index contributed by atoms with van der Waals surface area (Å²) >= 11 is 5.59. The molecule has 0 bridgehead atoms. The van der Waals surface area contributed by atoms with Crippen LogP contribution in [-0.2, 0) is 23.3 Å². The van der Waals surface area contributed by atoms with Crippen LogP contribution in [0.3, 0.4) is 0 Å². The van der Waals surface area contributed by atoms with E-state index in [0.717, 1.165) is 11.1 Å². The molecule has 0 spiro atoms. The molecule has 22 heavy (non-hydrogen) atoms. The molecule has 0 unspecified atom stereocenters. The van der Waals surface area contributed by atoms with Crippen molar-refractivity contribution in [2.24, 2.45) is 0 Å². The molecule has 0 fully saturated rings. The number of halogens is 1. The quantitative estimate of drug-likeness (QED) is 0.752. The molecule has 2 rings (SSSR count). The smallest absolute Gasteiger partial charge is 0.201 e. The molecule has 1 N–H and O–H groups in total. The van der Waals surface area contributed by atoms with Crippen LogP contribution in [0.4, 0.5) is 0 Å². The van der Waals surface area contributed by atoms with Gasteiger partial charge >= 0.3 is 0 Å². The molecule has 0 atom stereocenters. The lowest BCUT2D eigenvalue weighted by molar-refractivity contribution is 0.394. The molecule has 4 nitrogen and oxygen atoms in total.